The molecule has 5 heteroatoms. The first kappa shape index (κ1) is 17.8. The highest BCUT2D eigenvalue weighted by molar-refractivity contribution is 5.91. The van der Waals surface area contributed by atoms with Gasteiger partial charge in [-0.1, -0.05) is 27.0 Å². The lowest BCUT2D eigenvalue weighted by Gasteiger charge is -2.07. The van der Waals surface area contributed by atoms with Crippen LogP contribution in [0.15, 0.2) is 24.8 Å². The third-order valence-electron chi connectivity index (χ3n) is 1.37. The van der Waals surface area contributed by atoms with Gasteiger partial charge in [-0.3, -0.25) is 9.59 Å². The summed E-state index contributed by atoms with van der Waals surface area (Å²) in [5.74, 6) is -0.143. The summed E-state index contributed by atoms with van der Waals surface area (Å²) in [7, 11) is 0. The molecule has 17 heavy (non-hydrogen) atoms. The topological polar surface area (TPSA) is 81.4 Å². The van der Waals surface area contributed by atoms with E-state index in [9.17, 15) is 9.59 Å². The maximum absolute atomic E-state index is 10.9. The molecular formula is C12H22N2O3. The van der Waals surface area contributed by atoms with Crippen molar-refractivity contribution in [2.45, 2.75) is 20.8 Å². The first-order valence-electron chi connectivity index (χ1n) is 5.24. The molecule has 0 aromatic rings. The zero-order chi connectivity index (χ0) is 13.8. The van der Waals surface area contributed by atoms with Crippen molar-refractivity contribution in [3.63, 3.8) is 0 Å². The average molecular weight is 242 g/mol. The lowest BCUT2D eigenvalue weighted by molar-refractivity contribution is -0.119. The van der Waals surface area contributed by atoms with Gasteiger partial charge >= 0.3 is 0 Å². The van der Waals surface area contributed by atoms with Gasteiger partial charge in [0, 0.05) is 5.57 Å². The van der Waals surface area contributed by atoms with Crippen LogP contribution in [0.5, 0.6) is 0 Å². The van der Waals surface area contributed by atoms with E-state index in [-0.39, 0.29) is 12.6 Å². The maximum atomic E-state index is 10.9. The van der Waals surface area contributed by atoms with E-state index < -0.39 is 5.91 Å². The van der Waals surface area contributed by atoms with Crippen LogP contribution in [-0.4, -0.2) is 25.2 Å². The Bertz CT molecular complexity index is 273. The van der Waals surface area contributed by atoms with E-state index in [1.807, 2.05) is 0 Å². The summed E-state index contributed by atoms with van der Waals surface area (Å²) in [6.07, 6.45) is 1.06. The van der Waals surface area contributed by atoms with Gasteiger partial charge in [0.25, 0.3) is 0 Å². The fourth-order valence-electron chi connectivity index (χ4n) is 0.562. The van der Waals surface area contributed by atoms with E-state index in [0.717, 1.165) is 6.08 Å². The molecule has 0 atom stereocenters. The second-order valence-electron chi connectivity index (χ2n) is 3.80. The van der Waals surface area contributed by atoms with Crippen LogP contribution in [0.25, 0.3) is 0 Å². The van der Waals surface area contributed by atoms with Crippen LogP contribution in [0.2, 0.25) is 0 Å². The summed E-state index contributed by atoms with van der Waals surface area (Å²) in [5.41, 5.74) is 5.04. The predicted octanol–water partition coefficient (Wildman–Crippen LogP) is 0.966. The third-order valence-corrected chi connectivity index (χ3v) is 1.37. The number of nitrogens with one attached hydrogen (secondary N) is 1. The van der Waals surface area contributed by atoms with Gasteiger partial charge in [-0.25, -0.2) is 0 Å². The molecule has 2 amide bonds. The molecule has 0 aliphatic rings. The number of hydrogen-bond donors (Lipinski definition) is 2. The molecule has 98 valence electrons. The van der Waals surface area contributed by atoms with Gasteiger partial charge in [0.2, 0.25) is 11.8 Å². The molecule has 0 radical (unpaired) electrons. The normalized spacial score (nSPS) is 8.94. The first-order chi connectivity index (χ1) is 7.81. The first-order valence-corrected chi connectivity index (χ1v) is 5.24. The Kier molecular flexibility index (Phi) is 11.4. The number of carbonyl (C=O) groups excluding carboxylic acids is 2. The molecule has 0 saturated heterocycles. The maximum Gasteiger partial charge on any atom is 0.248 e. The molecular weight excluding hydrogens is 220 g/mol. The van der Waals surface area contributed by atoms with Crippen molar-refractivity contribution in [3.8, 4) is 0 Å². The SMILES string of the molecule is C=C(C)C(=O)NCOCC(C)C.C=CC(N)=O. The van der Waals surface area contributed by atoms with Crippen molar-refractivity contribution in [2.24, 2.45) is 11.7 Å². The number of hydrogen-bond acceptors (Lipinski definition) is 3. The lowest BCUT2D eigenvalue weighted by Crippen LogP contribution is -2.27. The van der Waals surface area contributed by atoms with Crippen LogP contribution in [0.3, 0.4) is 0 Å². The van der Waals surface area contributed by atoms with E-state index in [2.05, 4.69) is 38.1 Å². The van der Waals surface area contributed by atoms with Crippen LogP contribution in [0, 0.1) is 5.92 Å². The minimum Gasteiger partial charge on any atom is -0.366 e. The van der Waals surface area contributed by atoms with Crippen LogP contribution in [-0.2, 0) is 14.3 Å². The summed E-state index contributed by atoms with van der Waals surface area (Å²) in [6.45, 7) is 13.3. The van der Waals surface area contributed by atoms with Gasteiger partial charge in [0.15, 0.2) is 0 Å². The largest absolute Gasteiger partial charge is 0.366 e. The minimum absolute atomic E-state index is 0.154. The van der Waals surface area contributed by atoms with E-state index >= 15 is 0 Å². The molecule has 0 aromatic heterocycles. The van der Waals surface area contributed by atoms with Gasteiger partial charge in [-0.2, -0.15) is 0 Å². The highest BCUT2D eigenvalue weighted by Gasteiger charge is 1.99. The van der Waals surface area contributed by atoms with Gasteiger partial charge in [0.05, 0.1) is 6.61 Å². The molecule has 0 fully saturated rings. The number of nitrogens with two attached hydrogens (primary N) is 1. The quantitative estimate of drug-likeness (QED) is 0.413. The van der Waals surface area contributed by atoms with Crippen molar-refractivity contribution < 1.29 is 14.3 Å². The number of amides is 2. The van der Waals surface area contributed by atoms with Crippen LogP contribution in [0.1, 0.15) is 20.8 Å². The van der Waals surface area contributed by atoms with Gasteiger partial charge in [-0.05, 0) is 18.9 Å². The zero-order valence-corrected chi connectivity index (χ0v) is 10.8. The van der Waals surface area contributed by atoms with E-state index in [1.54, 1.807) is 6.92 Å². The van der Waals surface area contributed by atoms with Crippen molar-refractivity contribution in [2.75, 3.05) is 13.3 Å². The van der Waals surface area contributed by atoms with Crippen LogP contribution in [0.4, 0.5) is 0 Å². The molecule has 0 aliphatic heterocycles. The molecule has 0 saturated carbocycles. The van der Waals surface area contributed by atoms with Crippen molar-refractivity contribution in [1.82, 2.24) is 5.32 Å². The van der Waals surface area contributed by atoms with Gasteiger partial charge < -0.3 is 15.8 Å². The Morgan fingerprint density at radius 2 is 1.94 bits per heavy atom. The number of ether oxygens (including phenoxy) is 1. The van der Waals surface area contributed by atoms with Crippen molar-refractivity contribution in [1.29, 1.82) is 0 Å². The molecule has 0 aliphatic carbocycles. The molecule has 0 rings (SSSR count). The highest BCUT2D eigenvalue weighted by Crippen LogP contribution is 1.91. The lowest BCUT2D eigenvalue weighted by atomic mass is 10.2. The Morgan fingerprint density at radius 1 is 1.47 bits per heavy atom. The second-order valence-corrected chi connectivity index (χ2v) is 3.80. The Morgan fingerprint density at radius 3 is 2.24 bits per heavy atom. The molecule has 0 unspecified atom stereocenters. The third kappa shape index (κ3) is 17.0. The summed E-state index contributed by atoms with van der Waals surface area (Å²) in [6, 6.07) is 0. The molecule has 0 heterocycles. The smallest absolute Gasteiger partial charge is 0.248 e. The Hall–Kier alpha value is -1.62. The monoisotopic (exact) mass is 242 g/mol. The van der Waals surface area contributed by atoms with Gasteiger partial charge in [0.1, 0.15) is 6.73 Å². The minimum atomic E-state index is -0.481. The Balaban J connectivity index is 0. The van der Waals surface area contributed by atoms with Gasteiger partial charge in [-0.15, -0.1) is 0 Å². The molecule has 3 N–H and O–H groups in total. The van der Waals surface area contributed by atoms with E-state index in [1.165, 1.54) is 0 Å². The van der Waals surface area contributed by atoms with E-state index in [0.29, 0.717) is 18.1 Å². The average Bonchev–Trinajstić information content (AvgIpc) is 2.24. The number of primary amides is 1. The molecule has 5 nitrogen and oxygen atoms in total. The summed E-state index contributed by atoms with van der Waals surface area (Å²) >= 11 is 0. The summed E-state index contributed by atoms with van der Waals surface area (Å²) < 4.78 is 5.14. The predicted molar refractivity (Wildman–Crippen MR) is 68.0 cm³/mol. The van der Waals surface area contributed by atoms with Crippen molar-refractivity contribution >= 4 is 11.8 Å². The van der Waals surface area contributed by atoms with Crippen LogP contribution < -0.4 is 11.1 Å². The summed E-state index contributed by atoms with van der Waals surface area (Å²) in [5, 5.41) is 2.58. The van der Waals surface area contributed by atoms with Crippen LogP contribution >= 0.6 is 0 Å². The molecule has 0 bridgehead atoms. The second kappa shape index (κ2) is 10.9. The number of carbonyl (C=O) groups is 2. The standard InChI is InChI=1S/C9H17NO2.C3H5NO/c1-7(2)5-12-6-10-9(11)8(3)4;1-2-3(4)5/h7H,3,5-6H2,1-2,4H3,(H,10,11);2H,1H2,(H2,4,5). The zero-order valence-electron chi connectivity index (χ0n) is 10.8. The Labute approximate surface area is 103 Å². The molecule has 0 aromatic carbocycles. The number of rotatable bonds is 6. The highest BCUT2D eigenvalue weighted by atomic mass is 16.5. The fraction of sp³-hybridized carbons (Fsp3) is 0.500. The van der Waals surface area contributed by atoms with Crippen molar-refractivity contribution in [3.05, 3.63) is 24.8 Å². The summed E-state index contributed by atoms with van der Waals surface area (Å²) in [4.78, 5) is 20.4. The van der Waals surface area contributed by atoms with E-state index in [4.69, 9.17) is 4.74 Å². The molecule has 0 spiro atoms. The fourth-order valence-corrected chi connectivity index (χ4v) is 0.562.